The molecule has 2 amide bonds. The molecule has 3 aromatic rings. The van der Waals surface area contributed by atoms with Crippen LogP contribution in [-0.4, -0.2) is 62.7 Å². The summed E-state index contributed by atoms with van der Waals surface area (Å²) in [5.41, 5.74) is 1.61. The van der Waals surface area contributed by atoms with E-state index < -0.39 is 34.5 Å². The first kappa shape index (κ1) is 30.1. The Morgan fingerprint density at radius 1 is 0.949 bits per heavy atom. The maximum atomic E-state index is 14.0. The van der Waals surface area contributed by atoms with Crippen LogP contribution in [-0.2, 0) is 32.8 Å². The van der Waals surface area contributed by atoms with Crippen LogP contribution in [0.25, 0.3) is 0 Å². The highest BCUT2D eigenvalue weighted by Crippen LogP contribution is 2.23. The van der Waals surface area contributed by atoms with Crippen LogP contribution in [0.15, 0.2) is 78.9 Å². The van der Waals surface area contributed by atoms with Gasteiger partial charge >= 0.3 is 10.2 Å². The highest BCUT2D eigenvalue weighted by atomic mass is 35.5. The van der Waals surface area contributed by atoms with Crippen molar-refractivity contribution >= 4 is 39.3 Å². The van der Waals surface area contributed by atoms with E-state index in [1.165, 1.54) is 31.1 Å². The third-order valence-corrected chi connectivity index (χ3v) is 8.05. The predicted octanol–water partition coefficient (Wildman–Crippen LogP) is 3.87. The lowest BCUT2D eigenvalue weighted by Crippen LogP contribution is -2.54. The number of likely N-dealkylation sites (N-methyl/N-ethyl adjacent to an activating group) is 1. The molecule has 208 valence electrons. The first-order valence-corrected chi connectivity index (χ1v) is 14.1. The maximum Gasteiger partial charge on any atom is 0.304 e. The van der Waals surface area contributed by atoms with Crippen molar-refractivity contribution in [3.8, 4) is 0 Å². The quantitative estimate of drug-likeness (QED) is 0.356. The Morgan fingerprint density at radius 2 is 1.59 bits per heavy atom. The number of carbonyl (C=O) groups excluding carboxylic acids is 2. The Bertz CT molecular complexity index is 1370. The minimum atomic E-state index is -4.15. The summed E-state index contributed by atoms with van der Waals surface area (Å²) in [6.45, 7) is 1.52. The molecule has 0 saturated carbocycles. The Morgan fingerprint density at radius 3 is 2.18 bits per heavy atom. The fourth-order valence-electron chi connectivity index (χ4n) is 4.00. The van der Waals surface area contributed by atoms with Crippen LogP contribution in [0.5, 0.6) is 0 Å². The molecule has 3 rings (SSSR count). The second kappa shape index (κ2) is 13.5. The molecule has 0 aliphatic rings. The van der Waals surface area contributed by atoms with Gasteiger partial charge in [0.1, 0.15) is 18.4 Å². The molecular weight excluding hydrogens is 543 g/mol. The van der Waals surface area contributed by atoms with Crippen LogP contribution >= 0.6 is 11.6 Å². The van der Waals surface area contributed by atoms with Gasteiger partial charge in [0.25, 0.3) is 0 Å². The molecule has 8 nitrogen and oxygen atoms in total. The van der Waals surface area contributed by atoms with E-state index in [0.29, 0.717) is 17.1 Å². The molecule has 0 fully saturated rings. The lowest BCUT2D eigenvalue weighted by molar-refractivity contribution is -0.140. The molecule has 39 heavy (non-hydrogen) atoms. The van der Waals surface area contributed by atoms with E-state index in [1.807, 2.05) is 30.3 Å². The van der Waals surface area contributed by atoms with Gasteiger partial charge in [0.15, 0.2) is 0 Å². The van der Waals surface area contributed by atoms with Crippen molar-refractivity contribution in [2.24, 2.45) is 0 Å². The van der Waals surface area contributed by atoms with Gasteiger partial charge in [-0.2, -0.15) is 12.7 Å². The molecule has 0 spiro atoms. The molecule has 3 aromatic carbocycles. The molecule has 1 atom stereocenters. The first-order valence-electron chi connectivity index (χ1n) is 12.3. The summed E-state index contributed by atoms with van der Waals surface area (Å²) >= 11 is 6.19. The number of halogens is 2. The van der Waals surface area contributed by atoms with Crippen LogP contribution in [0.3, 0.4) is 0 Å². The van der Waals surface area contributed by atoms with Gasteiger partial charge in [-0.05, 0) is 54.4 Å². The Labute approximate surface area is 234 Å². The minimum absolute atomic E-state index is 0.00724. The zero-order valence-corrected chi connectivity index (χ0v) is 23.6. The molecule has 0 aliphatic heterocycles. The van der Waals surface area contributed by atoms with Crippen molar-refractivity contribution in [2.75, 3.05) is 31.5 Å². The van der Waals surface area contributed by atoms with Crippen molar-refractivity contribution in [3.63, 3.8) is 0 Å². The second-order valence-electron chi connectivity index (χ2n) is 9.02. The van der Waals surface area contributed by atoms with Crippen molar-refractivity contribution < 1.29 is 22.4 Å². The average molecular weight is 575 g/mol. The predicted molar refractivity (Wildman–Crippen MR) is 151 cm³/mol. The molecule has 0 aliphatic carbocycles. The normalized spacial score (nSPS) is 12.2. The van der Waals surface area contributed by atoms with Gasteiger partial charge in [-0.15, -0.1) is 0 Å². The van der Waals surface area contributed by atoms with Crippen molar-refractivity contribution in [2.45, 2.75) is 25.9 Å². The number of nitrogens with one attached hydrogen (secondary N) is 1. The molecular formula is C28H32ClFN4O4S. The summed E-state index contributed by atoms with van der Waals surface area (Å²) in [6.07, 6.45) is 0.204. The Balaban J connectivity index is 2.07. The number of benzene rings is 3. The van der Waals surface area contributed by atoms with Gasteiger partial charge in [0, 0.05) is 38.6 Å². The molecule has 0 heterocycles. The standard InChI is InChI=1S/C28H32ClFN4O4S/c1-4-31-28(36)26(18-21-9-6-5-7-10-21)33(19-22-11-8-12-23(29)17-22)27(35)20-34(39(37,38)32(2)3)25-15-13-24(30)14-16-25/h5-17,26H,4,18-20H2,1-3H3,(H,31,36). The number of carbonyl (C=O) groups is 2. The molecule has 0 radical (unpaired) electrons. The van der Waals surface area contributed by atoms with E-state index >= 15 is 0 Å². The van der Waals surface area contributed by atoms with Crippen LogP contribution in [0.2, 0.25) is 5.02 Å². The minimum Gasteiger partial charge on any atom is -0.355 e. The van der Waals surface area contributed by atoms with Crippen LogP contribution < -0.4 is 9.62 Å². The van der Waals surface area contributed by atoms with E-state index in [-0.39, 0.29) is 24.6 Å². The van der Waals surface area contributed by atoms with Gasteiger partial charge in [-0.25, -0.2) is 8.70 Å². The fourth-order valence-corrected chi connectivity index (χ4v) is 5.27. The van der Waals surface area contributed by atoms with Crippen LogP contribution in [0, 0.1) is 5.82 Å². The van der Waals surface area contributed by atoms with E-state index in [2.05, 4.69) is 5.32 Å². The van der Waals surface area contributed by atoms with Gasteiger partial charge in [0.2, 0.25) is 11.8 Å². The summed E-state index contributed by atoms with van der Waals surface area (Å²) in [5.74, 6) is -1.54. The first-order chi connectivity index (χ1) is 18.5. The van der Waals surface area contributed by atoms with Gasteiger partial charge in [-0.3, -0.25) is 9.59 Å². The smallest absolute Gasteiger partial charge is 0.304 e. The van der Waals surface area contributed by atoms with E-state index in [0.717, 1.165) is 26.3 Å². The monoisotopic (exact) mass is 574 g/mol. The molecule has 11 heteroatoms. The second-order valence-corrected chi connectivity index (χ2v) is 11.5. The summed E-state index contributed by atoms with van der Waals surface area (Å²) in [4.78, 5) is 28.7. The molecule has 1 unspecified atom stereocenters. The fraction of sp³-hybridized carbons (Fsp3) is 0.286. The van der Waals surface area contributed by atoms with Crippen molar-refractivity contribution in [1.82, 2.24) is 14.5 Å². The molecule has 0 aromatic heterocycles. The molecule has 1 N–H and O–H groups in total. The number of nitrogens with zero attached hydrogens (tertiary/aromatic N) is 3. The molecule has 0 bridgehead atoms. The number of hydrogen-bond acceptors (Lipinski definition) is 4. The van der Waals surface area contributed by atoms with Crippen molar-refractivity contribution in [1.29, 1.82) is 0 Å². The molecule has 0 saturated heterocycles. The van der Waals surface area contributed by atoms with E-state index in [4.69, 9.17) is 11.6 Å². The van der Waals surface area contributed by atoms with Crippen LogP contribution in [0.1, 0.15) is 18.1 Å². The summed E-state index contributed by atoms with van der Waals surface area (Å²) < 4.78 is 42.0. The topological polar surface area (TPSA) is 90.0 Å². The Hall–Kier alpha value is -3.47. The van der Waals surface area contributed by atoms with E-state index in [1.54, 1.807) is 31.2 Å². The maximum absolute atomic E-state index is 14.0. The number of amides is 2. The number of anilines is 1. The highest BCUT2D eigenvalue weighted by molar-refractivity contribution is 7.90. The number of hydrogen-bond donors (Lipinski definition) is 1. The third-order valence-electron chi connectivity index (χ3n) is 6.00. The lowest BCUT2D eigenvalue weighted by Gasteiger charge is -2.34. The lowest BCUT2D eigenvalue weighted by atomic mass is 10.0. The number of rotatable bonds is 12. The third kappa shape index (κ3) is 8.01. The largest absolute Gasteiger partial charge is 0.355 e. The van der Waals surface area contributed by atoms with E-state index in [9.17, 15) is 22.4 Å². The SMILES string of the molecule is CCNC(=O)C(Cc1ccccc1)N(Cc1cccc(Cl)c1)C(=O)CN(c1ccc(F)cc1)S(=O)(=O)N(C)C. The summed E-state index contributed by atoms with van der Waals surface area (Å²) in [6, 6.07) is 20.0. The average Bonchev–Trinajstić information content (AvgIpc) is 2.90. The van der Waals surface area contributed by atoms with Gasteiger partial charge in [-0.1, -0.05) is 54.1 Å². The van der Waals surface area contributed by atoms with Gasteiger partial charge in [0.05, 0.1) is 5.69 Å². The Kier molecular flexibility index (Phi) is 10.4. The summed E-state index contributed by atoms with van der Waals surface area (Å²) in [7, 11) is -1.47. The van der Waals surface area contributed by atoms with Crippen LogP contribution in [0.4, 0.5) is 10.1 Å². The zero-order chi connectivity index (χ0) is 28.6. The highest BCUT2D eigenvalue weighted by Gasteiger charge is 2.34. The summed E-state index contributed by atoms with van der Waals surface area (Å²) in [5, 5.41) is 3.26. The zero-order valence-electron chi connectivity index (χ0n) is 22.1. The van der Waals surface area contributed by atoms with Gasteiger partial charge < -0.3 is 10.2 Å². The van der Waals surface area contributed by atoms with Crippen molar-refractivity contribution in [3.05, 3.63) is 101 Å².